The van der Waals surface area contributed by atoms with Crippen molar-refractivity contribution in [2.75, 3.05) is 18.8 Å². The van der Waals surface area contributed by atoms with Crippen molar-refractivity contribution >= 4 is 17.7 Å². The van der Waals surface area contributed by atoms with Gasteiger partial charge in [0.05, 0.1) is 5.75 Å². The van der Waals surface area contributed by atoms with E-state index in [0.717, 1.165) is 36.5 Å². The molecule has 1 aromatic carbocycles. The molecule has 2 heterocycles. The summed E-state index contributed by atoms with van der Waals surface area (Å²) in [6.45, 7) is 1.68. The molecule has 1 unspecified atom stereocenters. The molecule has 0 bridgehead atoms. The summed E-state index contributed by atoms with van der Waals surface area (Å²) in [4.78, 5) is 15.5. The van der Waals surface area contributed by atoms with Gasteiger partial charge < -0.3 is 4.90 Å². The number of nitrogens with one attached hydrogen (secondary N) is 1. The first-order valence-corrected chi connectivity index (χ1v) is 8.26. The highest BCUT2D eigenvalue weighted by Crippen LogP contribution is 2.26. The number of piperidine rings is 1. The van der Waals surface area contributed by atoms with E-state index in [0.29, 0.717) is 11.7 Å². The van der Waals surface area contributed by atoms with Gasteiger partial charge in [-0.05, 0) is 31.0 Å². The van der Waals surface area contributed by atoms with E-state index in [9.17, 15) is 4.79 Å². The van der Waals surface area contributed by atoms with Crippen LogP contribution in [0.4, 0.5) is 0 Å². The van der Waals surface area contributed by atoms with Crippen LogP contribution in [0.25, 0.3) is 0 Å². The molecule has 1 aromatic heterocycles. The zero-order valence-corrected chi connectivity index (χ0v) is 12.7. The first kappa shape index (κ1) is 14.2. The summed E-state index contributed by atoms with van der Waals surface area (Å²) in [5, 5.41) is 7.04. The van der Waals surface area contributed by atoms with Crippen molar-refractivity contribution in [2.45, 2.75) is 23.7 Å². The molecule has 1 aliphatic heterocycles. The molecule has 1 amide bonds. The minimum absolute atomic E-state index is 0.230. The summed E-state index contributed by atoms with van der Waals surface area (Å²) in [5.74, 6) is 1.14. The normalized spacial score (nSPS) is 18.7. The van der Waals surface area contributed by atoms with Crippen molar-refractivity contribution in [2.24, 2.45) is 0 Å². The van der Waals surface area contributed by atoms with Crippen LogP contribution < -0.4 is 0 Å². The molecule has 1 aliphatic rings. The molecule has 1 atom stereocenters. The largest absolute Gasteiger partial charge is 0.341 e. The first-order valence-electron chi connectivity index (χ1n) is 7.28. The number of thioether (sulfide) groups is 1. The zero-order valence-electron chi connectivity index (χ0n) is 11.9. The monoisotopic (exact) mass is 301 g/mol. The standard InChI is InChI=1S/C16H19N3OS/c20-16(12-21-14-6-2-1-3-7-14)19-10-4-5-13(11-19)15-8-9-17-18-15/h1-3,6-9,13H,4-5,10-12H2,(H,17,18). The molecule has 2 aromatic rings. The van der Waals surface area contributed by atoms with E-state index in [2.05, 4.69) is 10.2 Å². The second-order valence-corrected chi connectivity index (χ2v) is 6.34. The van der Waals surface area contributed by atoms with Gasteiger partial charge in [-0.1, -0.05) is 18.2 Å². The fraction of sp³-hybridized carbons (Fsp3) is 0.375. The zero-order chi connectivity index (χ0) is 14.5. The van der Waals surface area contributed by atoms with Crippen molar-refractivity contribution in [3.05, 3.63) is 48.3 Å². The van der Waals surface area contributed by atoms with Gasteiger partial charge in [-0.15, -0.1) is 11.8 Å². The van der Waals surface area contributed by atoms with Gasteiger partial charge in [0.25, 0.3) is 0 Å². The first-order chi connectivity index (χ1) is 10.3. The highest BCUT2D eigenvalue weighted by atomic mass is 32.2. The lowest BCUT2D eigenvalue weighted by Gasteiger charge is -2.32. The number of hydrogen-bond donors (Lipinski definition) is 1. The summed E-state index contributed by atoms with van der Waals surface area (Å²) in [6.07, 6.45) is 3.96. The maximum absolute atomic E-state index is 12.4. The topological polar surface area (TPSA) is 49.0 Å². The average molecular weight is 301 g/mol. The lowest BCUT2D eigenvalue weighted by Crippen LogP contribution is -2.40. The van der Waals surface area contributed by atoms with E-state index in [-0.39, 0.29) is 5.91 Å². The highest BCUT2D eigenvalue weighted by molar-refractivity contribution is 8.00. The number of aromatic amines is 1. The molecule has 0 saturated carbocycles. The summed E-state index contributed by atoms with van der Waals surface area (Å²) in [6, 6.07) is 12.1. The van der Waals surface area contributed by atoms with Crippen LogP contribution in [0.15, 0.2) is 47.5 Å². The van der Waals surface area contributed by atoms with Crippen LogP contribution in [0.3, 0.4) is 0 Å². The van der Waals surface area contributed by atoms with Gasteiger partial charge in [0.15, 0.2) is 0 Å². The number of aromatic nitrogens is 2. The van der Waals surface area contributed by atoms with E-state index in [4.69, 9.17) is 0 Å². The lowest BCUT2D eigenvalue weighted by molar-refractivity contribution is -0.129. The SMILES string of the molecule is O=C(CSc1ccccc1)N1CCCC(c2ccn[nH]2)C1. The van der Waals surface area contributed by atoms with E-state index in [1.807, 2.05) is 41.3 Å². The van der Waals surface area contributed by atoms with E-state index >= 15 is 0 Å². The fourth-order valence-electron chi connectivity index (χ4n) is 2.70. The molecular formula is C16H19N3OS. The van der Waals surface area contributed by atoms with E-state index in [1.165, 1.54) is 0 Å². The Labute approximate surface area is 128 Å². The van der Waals surface area contributed by atoms with E-state index in [1.54, 1.807) is 18.0 Å². The second kappa shape index (κ2) is 6.80. The summed E-state index contributed by atoms with van der Waals surface area (Å²) in [5.41, 5.74) is 1.14. The Bertz CT molecular complexity index is 570. The van der Waals surface area contributed by atoms with Gasteiger partial charge >= 0.3 is 0 Å². The van der Waals surface area contributed by atoms with Gasteiger partial charge in [0.2, 0.25) is 5.91 Å². The van der Waals surface area contributed by atoms with Crippen LogP contribution in [0.5, 0.6) is 0 Å². The minimum Gasteiger partial charge on any atom is -0.341 e. The van der Waals surface area contributed by atoms with Crippen LogP contribution >= 0.6 is 11.8 Å². The number of amides is 1. The highest BCUT2D eigenvalue weighted by Gasteiger charge is 2.25. The fourth-order valence-corrected chi connectivity index (χ4v) is 3.53. The molecule has 1 saturated heterocycles. The van der Waals surface area contributed by atoms with Gasteiger partial charge in [-0.3, -0.25) is 9.89 Å². The third-order valence-corrected chi connectivity index (χ3v) is 4.84. The molecule has 21 heavy (non-hydrogen) atoms. The average Bonchev–Trinajstić information content (AvgIpc) is 3.08. The molecular weight excluding hydrogens is 282 g/mol. The summed E-state index contributed by atoms with van der Waals surface area (Å²) in [7, 11) is 0. The van der Waals surface area contributed by atoms with Crippen LogP contribution in [-0.4, -0.2) is 39.8 Å². The van der Waals surface area contributed by atoms with Crippen molar-refractivity contribution in [1.29, 1.82) is 0 Å². The van der Waals surface area contributed by atoms with Gasteiger partial charge in [0.1, 0.15) is 0 Å². The molecule has 1 fully saturated rings. The van der Waals surface area contributed by atoms with Gasteiger partial charge in [-0.2, -0.15) is 5.10 Å². The Morgan fingerprint density at radius 2 is 2.19 bits per heavy atom. The van der Waals surface area contributed by atoms with E-state index < -0.39 is 0 Å². The molecule has 0 spiro atoms. The van der Waals surface area contributed by atoms with Crippen LogP contribution in [0.1, 0.15) is 24.5 Å². The molecule has 3 rings (SSSR count). The number of carbonyl (C=O) groups is 1. The molecule has 4 nitrogen and oxygen atoms in total. The maximum Gasteiger partial charge on any atom is 0.232 e. The Hall–Kier alpha value is -1.75. The molecule has 110 valence electrons. The number of H-pyrrole nitrogens is 1. The third kappa shape index (κ3) is 3.67. The Morgan fingerprint density at radius 1 is 1.33 bits per heavy atom. The van der Waals surface area contributed by atoms with Crippen molar-refractivity contribution in [3.63, 3.8) is 0 Å². The quantitative estimate of drug-likeness (QED) is 0.883. The second-order valence-electron chi connectivity index (χ2n) is 5.29. The van der Waals surface area contributed by atoms with Gasteiger partial charge in [0, 0.05) is 35.8 Å². The Morgan fingerprint density at radius 3 is 2.95 bits per heavy atom. The van der Waals surface area contributed by atoms with Crippen molar-refractivity contribution in [3.8, 4) is 0 Å². The summed E-state index contributed by atoms with van der Waals surface area (Å²) >= 11 is 1.61. The summed E-state index contributed by atoms with van der Waals surface area (Å²) < 4.78 is 0. The Balaban J connectivity index is 1.55. The number of nitrogens with zero attached hydrogens (tertiary/aromatic N) is 2. The predicted molar refractivity (Wildman–Crippen MR) is 84.3 cm³/mol. The Kier molecular flexibility index (Phi) is 4.60. The smallest absolute Gasteiger partial charge is 0.232 e. The van der Waals surface area contributed by atoms with Gasteiger partial charge in [-0.25, -0.2) is 0 Å². The number of hydrogen-bond acceptors (Lipinski definition) is 3. The molecule has 5 heteroatoms. The maximum atomic E-state index is 12.4. The number of carbonyl (C=O) groups excluding carboxylic acids is 1. The number of likely N-dealkylation sites (tertiary alicyclic amines) is 1. The van der Waals surface area contributed by atoms with Crippen LogP contribution in [0.2, 0.25) is 0 Å². The molecule has 0 aliphatic carbocycles. The van der Waals surface area contributed by atoms with Crippen LogP contribution in [-0.2, 0) is 4.79 Å². The minimum atomic E-state index is 0.230. The van der Waals surface area contributed by atoms with Crippen LogP contribution in [0, 0.1) is 0 Å². The van der Waals surface area contributed by atoms with Crippen molar-refractivity contribution < 1.29 is 4.79 Å². The van der Waals surface area contributed by atoms with Crippen molar-refractivity contribution in [1.82, 2.24) is 15.1 Å². The molecule has 0 radical (unpaired) electrons. The molecule has 1 N–H and O–H groups in total. The third-order valence-electron chi connectivity index (χ3n) is 3.84. The predicted octanol–water partition coefficient (Wildman–Crippen LogP) is 2.91. The lowest BCUT2D eigenvalue weighted by atomic mass is 9.95. The number of benzene rings is 1. The number of rotatable bonds is 4.